The summed E-state index contributed by atoms with van der Waals surface area (Å²) in [5, 5.41) is 6.43. The average molecular weight is 282 g/mol. The first-order valence-corrected chi connectivity index (χ1v) is 8.20. The molecule has 0 amide bonds. The van der Waals surface area contributed by atoms with E-state index in [1.807, 2.05) is 0 Å². The fraction of sp³-hybridized carbons (Fsp3) is 0.474. The Morgan fingerprint density at radius 3 is 2.86 bits per heavy atom. The van der Waals surface area contributed by atoms with Gasteiger partial charge in [-0.25, -0.2) is 0 Å². The van der Waals surface area contributed by atoms with Gasteiger partial charge in [0.25, 0.3) is 0 Å². The van der Waals surface area contributed by atoms with Crippen LogP contribution in [0.5, 0.6) is 0 Å². The third-order valence-corrected chi connectivity index (χ3v) is 4.89. The molecule has 21 heavy (non-hydrogen) atoms. The number of piperazine rings is 1. The van der Waals surface area contributed by atoms with Crippen molar-refractivity contribution in [2.75, 3.05) is 19.6 Å². The quantitative estimate of drug-likeness (QED) is 0.920. The molecule has 0 spiro atoms. The number of fused-ring (bicyclic) bond motifs is 1. The summed E-state index contributed by atoms with van der Waals surface area (Å²) < 4.78 is 0. The van der Waals surface area contributed by atoms with E-state index in [9.17, 15) is 0 Å². The topological polar surface area (TPSA) is 15.3 Å². The smallest absolute Gasteiger partial charge is 0.0241 e. The van der Waals surface area contributed by atoms with E-state index in [4.69, 9.17) is 0 Å². The van der Waals surface area contributed by atoms with Gasteiger partial charge < -0.3 is 5.32 Å². The Morgan fingerprint density at radius 1 is 1.19 bits per heavy atom. The zero-order chi connectivity index (χ0) is 14.7. The second kappa shape index (κ2) is 6.59. The summed E-state index contributed by atoms with van der Waals surface area (Å²) in [6, 6.07) is 16.0. The maximum absolute atomic E-state index is 3.68. The Kier molecular flexibility index (Phi) is 4.57. The van der Waals surface area contributed by atoms with Crippen molar-refractivity contribution in [3.63, 3.8) is 0 Å². The summed E-state index contributed by atoms with van der Waals surface area (Å²) in [5.41, 5.74) is 1.46. The lowest BCUT2D eigenvalue weighted by molar-refractivity contribution is 0.163. The van der Waals surface area contributed by atoms with Gasteiger partial charge in [0.2, 0.25) is 0 Å². The van der Waals surface area contributed by atoms with Gasteiger partial charge in [-0.1, -0.05) is 62.7 Å². The predicted molar refractivity (Wildman–Crippen MR) is 90.5 cm³/mol. The van der Waals surface area contributed by atoms with Crippen LogP contribution < -0.4 is 5.32 Å². The summed E-state index contributed by atoms with van der Waals surface area (Å²) in [4.78, 5) is 2.61. The van der Waals surface area contributed by atoms with Crippen molar-refractivity contribution >= 4 is 10.8 Å². The van der Waals surface area contributed by atoms with Crippen molar-refractivity contribution in [1.82, 2.24) is 10.2 Å². The fourth-order valence-electron chi connectivity index (χ4n) is 3.32. The lowest BCUT2D eigenvalue weighted by Gasteiger charge is -2.36. The van der Waals surface area contributed by atoms with Crippen molar-refractivity contribution in [2.24, 2.45) is 5.92 Å². The van der Waals surface area contributed by atoms with Gasteiger partial charge >= 0.3 is 0 Å². The molecule has 1 aliphatic heterocycles. The average Bonchev–Trinajstić information content (AvgIpc) is 2.55. The van der Waals surface area contributed by atoms with Gasteiger partial charge in [-0.2, -0.15) is 0 Å². The molecule has 0 aromatic heterocycles. The van der Waals surface area contributed by atoms with Crippen LogP contribution in [0.15, 0.2) is 42.5 Å². The van der Waals surface area contributed by atoms with Gasteiger partial charge in [-0.15, -0.1) is 0 Å². The molecule has 0 saturated carbocycles. The first-order valence-electron chi connectivity index (χ1n) is 8.20. The maximum atomic E-state index is 3.68. The molecule has 1 saturated heterocycles. The molecule has 2 unspecified atom stereocenters. The molecule has 0 aliphatic carbocycles. The van der Waals surface area contributed by atoms with E-state index in [1.165, 1.54) is 22.8 Å². The third-order valence-electron chi connectivity index (χ3n) is 4.89. The van der Waals surface area contributed by atoms with Crippen LogP contribution in [0.1, 0.15) is 25.8 Å². The molecule has 112 valence electrons. The zero-order valence-corrected chi connectivity index (χ0v) is 13.2. The molecule has 2 aromatic carbocycles. The second-order valence-electron chi connectivity index (χ2n) is 6.32. The molecule has 1 aliphatic rings. The molecule has 1 fully saturated rings. The number of nitrogens with zero attached hydrogens (tertiary/aromatic N) is 1. The van der Waals surface area contributed by atoms with Gasteiger partial charge in [0.1, 0.15) is 0 Å². The molecule has 2 atom stereocenters. The standard InChI is InChI=1S/C19H26N2/c1-3-15(2)19-14-21(12-11-20-19)13-17-9-6-8-16-7-4-5-10-18(16)17/h4-10,15,19-20H,3,11-14H2,1-2H3. The van der Waals surface area contributed by atoms with Crippen molar-refractivity contribution in [3.8, 4) is 0 Å². The highest BCUT2D eigenvalue weighted by Crippen LogP contribution is 2.21. The predicted octanol–water partition coefficient (Wildman–Crippen LogP) is 3.66. The summed E-state index contributed by atoms with van der Waals surface area (Å²) in [6.07, 6.45) is 1.25. The summed E-state index contributed by atoms with van der Waals surface area (Å²) in [6.45, 7) is 9.14. The van der Waals surface area contributed by atoms with E-state index in [1.54, 1.807) is 0 Å². The molecule has 2 aromatic rings. The second-order valence-corrected chi connectivity index (χ2v) is 6.32. The first kappa shape index (κ1) is 14.6. The van der Waals surface area contributed by atoms with Crippen molar-refractivity contribution in [1.29, 1.82) is 0 Å². The Hall–Kier alpha value is -1.38. The Labute approximate surface area is 128 Å². The highest BCUT2D eigenvalue weighted by atomic mass is 15.2. The van der Waals surface area contributed by atoms with Gasteiger partial charge in [0, 0.05) is 32.2 Å². The van der Waals surface area contributed by atoms with E-state index in [-0.39, 0.29) is 0 Å². The molecule has 1 heterocycles. The van der Waals surface area contributed by atoms with Crippen LogP contribution in [-0.4, -0.2) is 30.6 Å². The molecule has 2 heteroatoms. The van der Waals surface area contributed by atoms with Crippen molar-refractivity contribution in [3.05, 3.63) is 48.0 Å². The Balaban J connectivity index is 1.76. The van der Waals surface area contributed by atoms with Crippen LogP contribution in [0, 0.1) is 5.92 Å². The molecule has 2 nitrogen and oxygen atoms in total. The van der Waals surface area contributed by atoms with Gasteiger partial charge in [0.15, 0.2) is 0 Å². The minimum absolute atomic E-state index is 0.638. The zero-order valence-electron chi connectivity index (χ0n) is 13.2. The minimum atomic E-state index is 0.638. The van der Waals surface area contributed by atoms with Crippen molar-refractivity contribution in [2.45, 2.75) is 32.9 Å². The summed E-state index contributed by atoms with van der Waals surface area (Å²) in [7, 11) is 0. The molecular formula is C19H26N2. The van der Waals surface area contributed by atoms with Gasteiger partial charge in [-0.05, 0) is 22.3 Å². The number of hydrogen-bond acceptors (Lipinski definition) is 2. The van der Waals surface area contributed by atoms with Gasteiger partial charge in [0.05, 0.1) is 0 Å². The number of rotatable bonds is 4. The molecular weight excluding hydrogens is 256 g/mol. The number of hydrogen-bond donors (Lipinski definition) is 1. The maximum Gasteiger partial charge on any atom is 0.0241 e. The van der Waals surface area contributed by atoms with E-state index in [2.05, 4.69) is 66.5 Å². The summed E-state index contributed by atoms with van der Waals surface area (Å²) >= 11 is 0. The SMILES string of the molecule is CCC(C)C1CN(Cc2cccc3ccccc23)CCN1. The molecule has 3 rings (SSSR count). The summed E-state index contributed by atoms with van der Waals surface area (Å²) in [5.74, 6) is 0.750. The molecule has 1 N–H and O–H groups in total. The van der Waals surface area contributed by atoms with E-state index < -0.39 is 0 Å². The van der Waals surface area contributed by atoms with Crippen LogP contribution in [0.2, 0.25) is 0 Å². The largest absolute Gasteiger partial charge is 0.311 e. The minimum Gasteiger partial charge on any atom is -0.311 e. The van der Waals surface area contributed by atoms with Crippen LogP contribution in [0.4, 0.5) is 0 Å². The van der Waals surface area contributed by atoms with Crippen LogP contribution in [0.25, 0.3) is 10.8 Å². The lowest BCUT2D eigenvalue weighted by Crippen LogP contribution is -2.52. The lowest BCUT2D eigenvalue weighted by atomic mass is 9.96. The monoisotopic (exact) mass is 282 g/mol. The highest BCUT2D eigenvalue weighted by Gasteiger charge is 2.23. The normalized spacial score (nSPS) is 21.5. The number of nitrogens with one attached hydrogen (secondary N) is 1. The number of benzene rings is 2. The van der Waals surface area contributed by atoms with E-state index in [0.717, 1.165) is 32.1 Å². The van der Waals surface area contributed by atoms with Crippen LogP contribution in [0.3, 0.4) is 0 Å². The molecule has 0 radical (unpaired) electrons. The fourth-order valence-corrected chi connectivity index (χ4v) is 3.32. The third kappa shape index (κ3) is 3.28. The van der Waals surface area contributed by atoms with Crippen LogP contribution >= 0.6 is 0 Å². The van der Waals surface area contributed by atoms with Crippen molar-refractivity contribution < 1.29 is 0 Å². The highest BCUT2D eigenvalue weighted by molar-refractivity contribution is 5.85. The first-order chi connectivity index (χ1) is 10.3. The molecule has 0 bridgehead atoms. The van der Waals surface area contributed by atoms with Gasteiger partial charge in [-0.3, -0.25) is 4.90 Å². The Bertz CT molecular complexity index is 588. The Morgan fingerprint density at radius 2 is 2.00 bits per heavy atom. The van der Waals surface area contributed by atoms with E-state index >= 15 is 0 Å². The van der Waals surface area contributed by atoms with E-state index in [0.29, 0.717) is 6.04 Å². The van der Waals surface area contributed by atoms with Crippen LogP contribution in [-0.2, 0) is 6.54 Å².